The van der Waals surface area contributed by atoms with Gasteiger partial charge in [-0.1, -0.05) is 37.3 Å². The van der Waals surface area contributed by atoms with E-state index in [1.54, 1.807) is 0 Å². The van der Waals surface area contributed by atoms with Crippen molar-refractivity contribution in [1.82, 2.24) is 14.9 Å². The zero-order valence-corrected chi connectivity index (χ0v) is 21.9. The van der Waals surface area contributed by atoms with E-state index in [1.165, 1.54) is 39.3 Å². The maximum atomic E-state index is 5.95. The fourth-order valence-corrected chi connectivity index (χ4v) is 5.66. The minimum atomic E-state index is -0.0549. The lowest BCUT2D eigenvalue weighted by atomic mass is 9.96. The van der Waals surface area contributed by atoms with Crippen molar-refractivity contribution in [3.63, 3.8) is 0 Å². The highest BCUT2D eigenvalue weighted by atomic mass is 32.1. The van der Waals surface area contributed by atoms with Crippen molar-refractivity contribution in [1.29, 1.82) is 0 Å². The van der Waals surface area contributed by atoms with E-state index in [2.05, 4.69) is 104 Å². The van der Waals surface area contributed by atoms with E-state index < -0.39 is 0 Å². The van der Waals surface area contributed by atoms with Gasteiger partial charge in [0.05, 0.1) is 17.8 Å². The van der Waals surface area contributed by atoms with Crippen LogP contribution in [0.1, 0.15) is 58.3 Å². The molecule has 0 bridgehead atoms. The Hall–Kier alpha value is -3.44. The second-order valence-electron chi connectivity index (χ2n) is 9.41. The number of nitrogens with one attached hydrogen (secondary N) is 1. The second kappa shape index (κ2) is 9.31. The van der Waals surface area contributed by atoms with Crippen LogP contribution in [0.5, 0.6) is 0 Å². The number of thiocarbonyl (C=S) groups is 1. The summed E-state index contributed by atoms with van der Waals surface area (Å²) >= 11 is 5.95. The minimum absolute atomic E-state index is 0.0201. The zero-order chi connectivity index (χ0) is 24.7. The van der Waals surface area contributed by atoms with Gasteiger partial charge in [0, 0.05) is 29.0 Å². The number of para-hydroxylation sites is 1. The van der Waals surface area contributed by atoms with Crippen LogP contribution in [0.4, 0.5) is 5.69 Å². The molecule has 5 heteroatoms. The summed E-state index contributed by atoms with van der Waals surface area (Å²) in [4.78, 5) is 7.00. The first-order valence-electron chi connectivity index (χ1n) is 12.3. The Balaban J connectivity index is 1.70. The molecule has 0 aliphatic carbocycles. The Morgan fingerprint density at radius 1 is 0.914 bits per heavy atom. The summed E-state index contributed by atoms with van der Waals surface area (Å²) in [6, 6.07) is 23.6. The van der Waals surface area contributed by atoms with Gasteiger partial charge in [-0.3, -0.25) is 4.98 Å². The molecule has 2 aromatic heterocycles. The van der Waals surface area contributed by atoms with Gasteiger partial charge in [-0.15, -0.1) is 0 Å². The number of aryl methyl sites for hydroxylation is 4. The van der Waals surface area contributed by atoms with Crippen molar-refractivity contribution >= 4 is 23.0 Å². The Kier molecular flexibility index (Phi) is 6.20. The van der Waals surface area contributed by atoms with Crippen LogP contribution in [-0.4, -0.2) is 14.7 Å². The number of anilines is 1. The highest BCUT2D eigenvalue weighted by molar-refractivity contribution is 7.80. The van der Waals surface area contributed by atoms with Crippen LogP contribution >= 0.6 is 12.2 Å². The number of hydrogen-bond donors (Lipinski definition) is 1. The number of benzene rings is 2. The highest BCUT2D eigenvalue weighted by Crippen LogP contribution is 2.44. The molecule has 1 N–H and O–H groups in total. The largest absolute Gasteiger partial charge is 0.351 e. The van der Waals surface area contributed by atoms with Crippen molar-refractivity contribution in [3.8, 4) is 5.69 Å². The van der Waals surface area contributed by atoms with Crippen molar-refractivity contribution in [2.24, 2.45) is 0 Å². The lowest BCUT2D eigenvalue weighted by Crippen LogP contribution is -2.29. The summed E-state index contributed by atoms with van der Waals surface area (Å²) in [7, 11) is 0. The van der Waals surface area contributed by atoms with Crippen LogP contribution < -0.4 is 10.2 Å². The summed E-state index contributed by atoms with van der Waals surface area (Å²) < 4.78 is 2.39. The van der Waals surface area contributed by atoms with E-state index in [4.69, 9.17) is 17.2 Å². The molecule has 0 saturated carbocycles. The van der Waals surface area contributed by atoms with E-state index in [0.29, 0.717) is 0 Å². The van der Waals surface area contributed by atoms with Gasteiger partial charge in [0.2, 0.25) is 0 Å². The molecule has 2 atom stereocenters. The predicted molar refractivity (Wildman–Crippen MR) is 148 cm³/mol. The lowest BCUT2D eigenvalue weighted by Gasteiger charge is -2.28. The molecule has 1 fully saturated rings. The van der Waals surface area contributed by atoms with Crippen molar-refractivity contribution in [2.45, 2.75) is 53.1 Å². The zero-order valence-electron chi connectivity index (χ0n) is 21.0. The molecule has 1 aliphatic heterocycles. The van der Waals surface area contributed by atoms with Gasteiger partial charge in [-0.25, -0.2) is 0 Å². The second-order valence-corrected chi connectivity index (χ2v) is 9.80. The third-order valence-electron chi connectivity index (χ3n) is 7.27. The number of aromatic nitrogens is 2. The van der Waals surface area contributed by atoms with E-state index in [-0.39, 0.29) is 12.1 Å². The van der Waals surface area contributed by atoms with E-state index in [9.17, 15) is 0 Å². The SMILES string of the molecule is CCc1ccccc1-n1c(C)cc([C@@H]2[C@H](c3ccccn3)NC(=S)N2c2ccc(C)c(C)c2)c1C. The standard InChI is InChI=1S/C30H32N4S/c1-6-23-11-7-8-13-27(23)33-21(4)18-25(22(33)5)29-28(26-12-9-10-16-31-26)32-30(35)34(29)24-15-14-19(2)20(3)17-24/h7-18,28-29H,6H2,1-5H3,(H,32,35)/t28-,29+/m0/s1. The monoisotopic (exact) mass is 480 g/mol. The first-order chi connectivity index (χ1) is 16.9. The van der Waals surface area contributed by atoms with Gasteiger partial charge < -0.3 is 14.8 Å². The lowest BCUT2D eigenvalue weighted by molar-refractivity contribution is 0.565. The van der Waals surface area contributed by atoms with Crippen LogP contribution in [0.2, 0.25) is 0 Å². The van der Waals surface area contributed by atoms with E-state index in [0.717, 1.165) is 22.9 Å². The molecular formula is C30H32N4S. The Bertz CT molecular complexity index is 1390. The molecular weight excluding hydrogens is 448 g/mol. The smallest absolute Gasteiger partial charge is 0.174 e. The molecule has 5 rings (SSSR count). The van der Waals surface area contributed by atoms with Gasteiger partial charge in [0.25, 0.3) is 0 Å². The molecule has 0 spiro atoms. The van der Waals surface area contributed by atoms with Crippen molar-refractivity contribution in [3.05, 3.63) is 112 Å². The molecule has 4 nitrogen and oxygen atoms in total. The minimum Gasteiger partial charge on any atom is -0.351 e. The van der Waals surface area contributed by atoms with Crippen molar-refractivity contribution in [2.75, 3.05) is 4.90 Å². The Morgan fingerprint density at radius 2 is 1.69 bits per heavy atom. The van der Waals surface area contributed by atoms with Crippen LogP contribution in [0.15, 0.2) is 72.9 Å². The topological polar surface area (TPSA) is 33.1 Å². The van der Waals surface area contributed by atoms with Crippen molar-refractivity contribution < 1.29 is 0 Å². The Morgan fingerprint density at radius 3 is 2.40 bits per heavy atom. The fourth-order valence-electron chi connectivity index (χ4n) is 5.31. The number of pyridine rings is 1. The van der Waals surface area contributed by atoms with Gasteiger partial charge in [0.1, 0.15) is 0 Å². The van der Waals surface area contributed by atoms with E-state index >= 15 is 0 Å². The van der Waals surface area contributed by atoms with Gasteiger partial charge in [0.15, 0.2) is 5.11 Å². The summed E-state index contributed by atoms with van der Waals surface area (Å²) in [5, 5.41) is 4.33. The number of nitrogens with zero attached hydrogens (tertiary/aromatic N) is 3. The quantitative estimate of drug-likeness (QED) is 0.317. The van der Waals surface area contributed by atoms with Crippen LogP contribution in [0.3, 0.4) is 0 Å². The van der Waals surface area contributed by atoms with Crippen LogP contribution in [0, 0.1) is 27.7 Å². The predicted octanol–water partition coefficient (Wildman–Crippen LogP) is 6.85. The summed E-state index contributed by atoms with van der Waals surface area (Å²) in [6.45, 7) is 10.9. The van der Waals surface area contributed by atoms with E-state index in [1.807, 2.05) is 18.3 Å². The molecule has 1 saturated heterocycles. The first kappa shape index (κ1) is 23.3. The summed E-state index contributed by atoms with van der Waals surface area (Å²) in [5.74, 6) is 0. The molecule has 178 valence electrons. The summed E-state index contributed by atoms with van der Waals surface area (Å²) in [5.41, 5.74) is 10.9. The summed E-state index contributed by atoms with van der Waals surface area (Å²) in [6.07, 6.45) is 2.85. The number of hydrogen-bond acceptors (Lipinski definition) is 2. The molecule has 4 aromatic rings. The average Bonchev–Trinajstić information content (AvgIpc) is 3.36. The maximum absolute atomic E-state index is 5.95. The molecule has 2 aromatic carbocycles. The van der Waals surface area contributed by atoms with Gasteiger partial charge in [-0.05, 0) is 105 Å². The third-order valence-corrected chi connectivity index (χ3v) is 7.58. The normalized spacial score (nSPS) is 17.6. The average molecular weight is 481 g/mol. The van der Waals surface area contributed by atoms with Gasteiger partial charge in [-0.2, -0.15) is 0 Å². The molecule has 0 radical (unpaired) electrons. The molecule has 3 heterocycles. The molecule has 0 amide bonds. The molecule has 0 unspecified atom stereocenters. The highest BCUT2D eigenvalue weighted by Gasteiger charge is 2.42. The van der Waals surface area contributed by atoms with Gasteiger partial charge >= 0.3 is 0 Å². The third kappa shape index (κ3) is 4.04. The first-order valence-corrected chi connectivity index (χ1v) is 12.7. The number of rotatable bonds is 5. The van der Waals surface area contributed by atoms with Crippen LogP contribution in [0.25, 0.3) is 5.69 Å². The Labute approximate surface area is 213 Å². The fraction of sp³-hybridized carbons (Fsp3) is 0.267. The molecule has 35 heavy (non-hydrogen) atoms. The maximum Gasteiger partial charge on any atom is 0.174 e. The molecule has 1 aliphatic rings. The van der Waals surface area contributed by atoms with Crippen LogP contribution in [-0.2, 0) is 6.42 Å².